The Morgan fingerprint density at radius 2 is 2.11 bits per heavy atom. The summed E-state index contributed by atoms with van der Waals surface area (Å²) in [5, 5.41) is 11.4. The van der Waals surface area contributed by atoms with E-state index in [0.29, 0.717) is 25.9 Å². The molecular weight excluding hydrogens is 270 g/mol. The summed E-state index contributed by atoms with van der Waals surface area (Å²) in [5.74, 6) is 0.170. The van der Waals surface area contributed by atoms with E-state index in [2.05, 4.69) is 14.6 Å². The third-order valence-electron chi connectivity index (χ3n) is 2.97. The highest BCUT2D eigenvalue weighted by Gasteiger charge is 2.23. The minimum atomic E-state index is -3.40. The van der Waals surface area contributed by atoms with Crippen molar-refractivity contribution in [2.75, 3.05) is 26.2 Å². The van der Waals surface area contributed by atoms with Crippen LogP contribution in [0.5, 0.6) is 0 Å². The summed E-state index contributed by atoms with van der Waals surface area (Å²) in [5.41, 5.74) is 5.43. The van der Waals surface area contributed by atoms with Gasteiger partial charge in [0.2, 0.25) is 0 Å². The highest BCUT2D eigenvalue weighted by atomic mass is 32.2. The van der Waals surface area contributed by atoms with Crippen LogP contribution >= 0.6 is 0 Å². The molecule has 1 aliphatic rings. The maximum Gasteiger partial charge on any atom is 0.277 e. The summed E-state index contributed by atoms with van der Waals surface area (Å²) in [6.45, 7) is 4.20. The van der Waals surface area contributed by atoms with Crippen LogP contribution in [0.2, 0.25) is 0 Å². The third kappa shape index (κ3) is 6.19. The van der Waals surface area contributed by atoms with Crippen LogP contribution in [0.1, 0.15) is 26.2 Å². The molecule has 0 spiro atoms. The fourth-order valence-electron chi connectivity index (χ4n) is 1.97. The molecule has 1 fully saturated rings. The van der Waals surface area contributed by atoms with Gasteiger partial charge in [0, 0.05) is 25.7 Å². The highest BCUT2D eigenvalue weighted by molar-refractivity contribution is 7.87. The Morgan fingerprint density at radius 1 is 1.47 bits per heavy atom. The van der Waals surface area contributed by atoms with Gasteiger partial charge in [-0.2, -0.15) is 13.1 Å². The molecule has 0 saturated carbocycles. The van der Waals surface area contributed by atoms with Crippen molar-refractivity contribution in [2.24, 2.45) is 10.9 Å². The molecule has 8 nitrogen and oxygen atoms in total. The Bertz CT molecular complexity index is 390. The summed E-state index contributed by atoms with van der Waals surface area (Å²) < 4.78 is 28.4. The SMILES string of the molecule is CCCNS(=O)(=O)NC1CCN(CC(N)=NO)CC1. The molecule has 19 heavy (non-hydrogen) atoms. The lowest BCUT2D eigenvalue weighted by Crippen LogP contribution is -2.49. The van der Waals surface area contributed by atoms with Gasteiger partial charge in [-0.1, -0.05) is 12.1 Å². The summed E-state index contributed by atoms with van der Waals surface area (Å²) in [7, 11) is -3.40. The van der Waals surface area contributed by atoms with Crippen LogP contribution in [0, 0.1) is 0 Å². The van der Waals surface area contributed by atoms with Crippen molar-refractivity contribution in [1.82, 2.24) is 14.3 Å². The molecular formula is C10H23N5O3S. The number of likely N-dealkylation sites (tertiary alicyclic amines) is 1. The lowest BCUT2D eigenvalue weighted by Gasteiger charge is -2.31. The predicted molar refractivity (Wildman–Crippen MR) is 73.2 cm³/mol. The number of nitrogens with one attached hydrogen (secondary N) is 2. The third-order valence-corrected chi connectivity index (χ3v) is 4.19. The van der Waals surface area contributed by atoms with Crippen LogP contribution < -0.4 is 15.2 Å². The number of piperidine rings is 1. The zero-order valence-electron chi connectivity index (χ0n) is 11.2. The largest absolute Gasteiger partial charge is 0.409 e. The Hall–Kier alpha value is -0.900. The lowest BCUT2D eigenvalue weighted by atomic mass is 10.1. The van der Waals surface area contributed by atoms with Gasteiger partial charge in [-0.25, -0.2) is 4.72 Å². The van der Waals surface area contributed by atoms with Crippen LogP contribution in [0.4, 0.5) is 0 Å². The van der Waals surface area contributed by atoms with Crippen molar-refractivity contribution in [3.63, 3.8) is 0 Å². The van der Waals surface area contributed by atoms with Crippen molar-refractivity contribution in [2.45, 2.75) is 32.2 Å². The van der Waals surface area contributed by atoms with E-state index >= 15 is 0 Å². The molecule has 0 aliphatic carbocycles. The number of nitrogens with zero attached hydrogens (tertiary/aromatic N) is 2. The normalized spacial score (nSPS) is 19.7. The first-order valence-electron chi connectivity index (χ1n) is 6.42. The van der Waals surface area contributed by atoms with Gasteiger partial charge in [0.15, 0.2) is 5.84 Å². The molecule has 0 bridgehead atoms. The maximum atomic E-state index is 11.7. The number of nitrogens with two attached hydrogens (primary N) is 1. The van der Waals surface area contributed by atoms with Gasteiger partial charge in [-0.05, 0) is 19.3 Å². The van der Waals surface area contributed by atoms with Crippen molar-refractivity contribution >= 4 is 16.0 Å². The van der Waals surface area contributed by atoms with Gasteiger partial charge in [0.1, 0.15) is 0 Å². The zero-order valence-corrected chi connectivity index (χ0v) is 12.0. The first-order chi connectivity index (χ1) is 8.96. The molecule has 1 aliphatic heterocycles. The highest BCUT2D eigenvalue weighted by Crippen LogP contribution is 2.10. The Kier molecular flexibility index (Phi) is 6.49. The molecule has 9 heteroatoms. The summed E-state index contributed by atoms with van der Waals surface area (Å²) in [4.78, 5) is 2.03. The van der Waals surface area contributed by atoms with E-state index < -0.39 is 10.2 Å². The summed E-state index contributed by atoms with van der Waals surface area (Å²) in [6, 6.07) is -0.0575. The molecule has 0 aromatic rings. The maximum absolute atomic E-state index is 11.7. The van der Waals surface area contributed by atoms with Crippen molar-refractivity contribution in [3.05, 3.63) is 0 Å². The second-order valence-corrected chi connectivity index (χ2v) is 6.19. The predicted octanol–water partition coefficient (Wildman–Crippen LogP) is -0.969. The molecule has 1 rings (SSSR count). The van der Waals surface area contributed by atoms with E-state index in [-0.39, 0.29) is 11.9 Å². The van der Waals surface area contributed by atoms with Gasteiger partial charge < -0.3 is 10.9 Å². The number of hydrogen-bond donors (Lipinski definition) is 4. The Labute approximate surface area is 114 Å². The molecule has 0 unspecified atom stereocenters. The van der Waals surface area contributed by atoms with Crippen LogP contribution in [0.15, 0.2) is 5.16 Å². The second kappa shape index (κ2) is 7.63. The number of hydrogen-bond acceptors (Lipinski definition) is 5. The molecule has 0 amide bonds. The van der Waals surface area contributed by atoms with E-state index in [9.17, 15) is 8.42 Å². The van der Waals surface area contributed by atoms with Crippen LogP contribution in [-0.4, -0.2) is 56.6 Å². The van der Waals surface area contributed by atoms with E-state index in [1.165, 1.54) is 0 Å². The average molecular weight is 293 g/mol. The summed E-state index contributed by atoms with van der Waals surface area (Å²) in [6.07, 6.45) is 2.19. The van der Waals surface area contributed by atoms with E-state index in [4.69, 9.17) is 10.9 Å². The van der Waals surface area contributed by atoms with Crippen molar-refractivity contribution in [1.29, 1.82) is 0 Å². The molecule has 0 radical (unpaired) electrons. The average Bonchev–Trinajstić information content (AvgIpc) is 2.38. The lowest BCUT2D eigenvalue weighted by molar-refractivity contribution is 0.228. The fraction of sp³-hybridized carbons (Fsp3) is 0.900. The molecule has 112 valence electrons. The second-order valence-electron chi connectivity index (χ2n) is 4.66. The van der Waals surface area contributed by atoms with Gasteiger partial charge in [-0.3, -0.25) is 4.90 Å². The Balaban J connectivity index is 2.34. The van der Waals surface area contributed by atoms with Gasteiger partial charge in [0.05, 0.1) is 6.54 Å². The van der Waals surface area contributed by atoms with E-state index in [1.807, 2.05) is 11.8 Å². The smallest absolute Gasteiger partial charge is 0.277 e. The van der Waals surface area contributed by atoms with Gasteiger partial charge in [0.25, 0.3) is 10.2 Å². The first-order valence-corrected chi connectivity index (χ1v) is 7.91. The minimum Gasteiger partial charge on any atom is -0.409 e. The van der Waals surface area contributed by atoms with Crippen LogP contribution in [0.3, 0.4) is 0 Å². The number of rotatable bonds is 7. The Morgan fingerprint density at radius 3 is 2.63 bits per heavy atom. The van der Waals surface area contributed by atoms with Gasteiger partial charge in [-0.15, -0.1) is 0 Å². The first kappa shape index (κ1) is 16.2. The number of amidine groups is 1. The van der Waals surface area contributed by atoms with Crippen molar-refractivity contribution in [3.8, 4) is 0 Å². The molecule has 1 saturated heterocycles. The minimum absolute atomic E-state index is 0.0575. The quantitative estimate of drug-likeness (QED) is 0.208. The molecule has 0 atom stereocenters. The standard InChI is InChI=1S/C10H23N5O3S/c1-2-5-12-19(17,18)14-9-3-6-15(7-4-9)8-10(11)13-16/h9,12,14,16H,2-8H2,1H3,(H2,11,13). The van der Waals surface area contributed by atoms with Crippen molar-refractivity contribution < 1.29 is 13.6 Å². The topological polar surface area (TPSA) is 120 Å². The van der Waals surface area contributed by atoms with Crippen LogP contribution in [0.25, 0.3) is 0 Å². The van der Waals surface area contributed by atoms with E-state index in [1.54, 1.807) is 0 Å². The fourth-order valence-corrected chi connectivity index (χ4v) is 3.20. The van der Waals surface area contributed by atoms with Gasteiger partial charge >= 0.3 is 0 Å². The summed E-state index contributed by atoms with van der Waals surface area (Å²) >= 11 is 0. The molecule has 0 aromatic heterocycles. The zero-order chi connectivity index (χ0) is 14.3. The molecule has 0 aromatic carbocycles. The number of oxime groups is 1. The monoisotopic (exact) mass is 293 g/mol. The van der Waals surface area contributed by atoms with E-state index in [0.717, 1.165) is 19.5 Å². The van der Waals surface area contributed by atoms with Crippen LogP contribution in [-0.2, 0) is 10.2 Å². The molecule has 1 heterocycles. The molecule has 5 N–H and O–H groups in total.